The summed E-state index contributed by atoms with van der Waals surface area (Å²) >= 11 is 4.27. The Hall–Kier alpha value is -0.350. The summed E-state index contributed by atoms with van der Waals surface area (Å²) in [5.41, 5.74) is 0. The number of carboxylic acids is 1. The SMILES string of the molecule is O=C([O-])c1cc(Br)cs1. The number of rotatable bonds is 1. The second-order valence-corrected chi connectivity index (χ2v) is 3.24. The molecule has 0 bridgehead atoms. The van der Waals surface area contributed by atoms with Crippen molar-refractivity contribution in [2.75, 3.05) is 0 Å². The molecule has 2 nitrogen and oxygen atoms in total. The van der Waals surface area contributed by atoms with Gasteiger partial charge in [0.2, 0.25) is 0 Å². The van der Waals surface area contributed by atoms with Gasteiger partial charge in [-0.3, -0.25) is 0 Å². The average Bonchev–Trinajstić information content (AvgIpc) is 2.14. The maximum absolute atomic E-state index is 10.1. The van der Waals surface area contributed by atoms with Crippen molar-refractivity contribution in [1.29, 1.82) is 0 Å². The van der Waals surface area contributed by atoms with Crippen molar-refractivity contribution in [1.82, 2.24) is 0 Å². The van der Waals surface area contributed by atoms with Gasteiger partial charge in [-0.25, -0.2) is 0 Å². The molecule has 0 aliphatic carbocycles. The molecule has 1 aromatic heterocycles. The Labute approximate surface area is 64.3 Å². The molecule has 0 amide bonds. The van der Waals surface area contributed by atoms with Crippen LogP contribution < -0.4 is 5.11 Å². The minimum atomic E-state index is -1.12. The second kappa shape index (κ2) is 2.49. The van der Waals surface area contributed by atoms with Gasteiger partial charge in [-0.15, -0.1) is 11.3 Å². The summed E-state index contributed by atoms with van der Waals surface area (Å²) in [7, 11) is 0. The molecular formula is C5H2BrO2S-. The summed E-state index contributed by atoms with van der Waals surface area (Å²) in [5.74, 6) is -1.12. The lowest BCUT2D eigenvalue weighted by Gasteiger charge is -1.91. The molecule has 48 valence electrons. The van der Waals surface area contributed by atoms with Gasteiger partial charge in [0.25, 0.3) is 0 Å². The van der Waals surface area contributed by atoms with Crippen LogP contribution in [0, 0.1) is 0 Å². The Morgan fingerprint density at radius 3 is 2.67 bits per heavy atom. The zero-order valence-corrected chi connectivity index (χ0v) is 6.66. The van der Waals surface area contributed by atoms with Crippen LogP contribution in [0.4, 0.5) is 0 Å². The van der Waals surface area contributed by atoms with Crippen LogP contribution in [-0.4, -0.2) is 5.97 Å². The Balaban J connectivity index is 2.98. The van der Waals surface area contributed by atoms with Crippen molar-refractivity contribution in [3.8, 4) is 0 Å². The van der Waals surface area contributed by atoms with Gasteiger partial charge in [-0.05, 0) is 22.0 Å². The first kappa shape index (κ1) is 6.77. The molecule has 0 aliphatic heterocycles. The third-order valence-electron chi connectivity index (χ3n) is 0.769. The standard InChI is InChI=1S/C5H3BrO2S/c6-3-1-4(5(7)8)9-2-3/h1-2H,(H,7,8)/p-1. The number of thiophene rings is 1. The summed E-state index contributed by atoms with van der Waals surface area (Å²) in [6.45, 7) is 0. The summed E-state index contributed by atoms with van der Waals surface area (Å²) in [4.78, 5) is 10.3. The molecule has 0 saturated carbocycles. The highest BCUT2D eigenvalue weighted by Gasteiger charge is 1.95. The van der Waals surface area contributed by atoms with Crippen molar-refractivity contribution in [3.63, 3.8) is 0 Å². The third kappa shape index (κ3) is 1.53. The number of hydrogen-bond donors (Lipinski definition) is 0. The number of carbonyl (C=O) groups excluding carboxylic acids is 1. The van der Waals surface area contributed by atoms with E-state index in [9.17, 15) is 9.90 Å². The molecule has 1 heterocycles. The van der Waals surface area contributed by atoms with E-state index >= 15 is 0 Å². The molecule has 0 aliphatic rings. The molecule has 0 N–H and O–H groups in total. The Morgan fingerprint density at radius 1 is 1.78 bits per heavy atom. The largest absolute Gasteiger partial charge is 0.544 e. The van der Waals surface area contributed by atoms with E-state index in [1.165, 1.54) is 6.07 Å². The van der Waals surface area contributed by atoms with Gasteiger partial charge in [0.05, 0.1) is 10.8 Å². The van der Waals surface area contributed by atoms with Crippen LogP contribution in [-0.2, 0) is 0 Å². The minimum Gasteiger partial charge on any atom is -0.544 e. The van der Waals surface area contributed by atoms with Crippen molar-refractivity contribution in [2.45, 2.75) is 0 Å². The van der Waals surface area contributed by atoms with Crippen molar-refractivity contribution in [3.05, 3.63) is 20.8 Å². The van der Waals surface area contributed by atoms with Gasteiger partial charge >= 0.3 is 0 Å². The molecular weight excluding hydrogens is 204 g/mol. The molecule has 4 heteroatoms. The van der Waals surface area contributed by atoms with Crippen LogP contribution in [0.25, 0.3) is 0 Å². The van der Waals surface area contributed by atoms with Crippen LogP contribution in [0.1, 0.15) is 9.67 Å². The number of hydrogen-bond acceptors (Lipinski definition) is 3. The fourth-order valence-corrected chi connectivity index (χ4v) is 1.68. The lowest BCUT2D eigenvalue weighted by molar-refractivity contribution is -0.254. The van der Waals surface area contributed by atoms with E-state index in [-0.39, 0.29) is 4.88 Å². The molecule has 1 aromatic rings. The van der Waals surface area contributed by atoms with E-state index < -0.39 is 5.97 Å². The highest BCUT2D eigenvalue weighted by Crippen LogP contribution is 2.18. The number of carbonyl (C=O) groups is 1. The molecule has 0 saturated heterocycles. The lowest BCUT2D eigenvalue weighted by Crippen LogP contribution is -2.20. The second-order valence-electron chi connectivity index (χ2n) is 1.42. The van der Waals surface area contributed by atoms with Gasteiger partial charge in [0, 0.05) is 9.85 Å². The summed E-state index contributed by atoms with van der Waals surface area (Å²) < 4.78 is 0.784. The fourth-order valence-electron chi connectivity index (χ4n) is 0.420. The molecule has 0 atom stereocenters. The topological polar surface area (TPSA) is 40.1 Å². The Bertz CT molecular complexity index is 231. The van der Waals surface area contributed by atoms with Crippen molar-refractivity contribution < 1.29 is 9.90 Å². The minimum absolute atomic E-state index is 0.252. The van der Waals surface area contributed by atoms with Crippen LogP contribution in [0.2, 0.25) is 0 Å². The van der Waals surface area contributed by atoms with Gasteiger partial charge in [0.15, 0.2) is 0 Å². The predicted octanol–water partition coefficient (Wildman–Crippen LogP) is 0.874. The number of aromatic carboxylic acids is 1. The van der Waals surface area contributed by atoms with E-state index in [2.05, 4.69) is 15.9 Å². The maximum Gasteiger partial charge on any atom is 0.0815 e. The van der Waals surface area contributed by atoms with Crippen LogP contribution in [0.15, 0.2) is 15.9 Å². The van der Waals surface area contributed by atoms with Crippen LogP contribution >= 0.6 is 27.3 Å². The molecule has 0 fully saturated rings. The first-order valence-electron chi connectivity index (χ1n) is 2.15. The molecule has 1 rings (SSSR count). The van der Waals surface area contributed by atoms with Crippen molar-refractivity contribution >= 4 is 33.2 Å². The van der Waals surface area contributed by atoms with Crippen LogP contribution in [0.3, 0.4) is 0 Å². The van der Waals surface area contributed by atoms with Gasteiger partial charge in [-0.1, -0.05) is 0 Å². The molecule has 0 spiro atoms. The van der Waals surface area contributed by atoms with Gasteiger partial charge in [-0.2, -0.15) is 0 Å². The zero-order chi connectivity index (χ0) is 6.85. The highest BCUT2D eigenvalue weighted by molar-refractivity contribution is 9.10. The van der Waals surface area contributed by atoms with Gasteiger partial charge < -0.3 is 9.90 Å². The number of carboxylic acid groups (broad SMARTS) is 1. The van der Waals surface area contributed by atoms with Gasteiger partial charge in [0.1, 0.15) is 0 Å². The van der Waals surface area contributed by atoms with Crippen LogP contribution in [0.5, 0.6) is 0 Å². The molecule has 0 aromatic carbocycles. The summed E-state index contributed by atoms with van der Waals surface area (Å²) in [6.07, 6.45) is 0. The highest BCUT2D eigenvalue weighted by atomic mass is 79.9. The first-order valence-corrected chi connectivity index (χ1v) is 3.83. The predicted molar refractivity (Wildman–Crippen MR) is 36.3 cm³/mol. The van der Waals surface area contributed by atoms with Crippen molar-refractivity contribution in [2.24, 2.45) is 0 Å². The summed E-state index contributed by atoms with van der Waals surface area (Å²) in [5, 5.41) is 11.8. The third-order valence-corrected chi connectivity index (χ3v) is 2.44. The quantitative estimate of drug-likeness (QED) is 0.684. The first-order chi connectivity index (χ1) is 4.20. The number of halogens is 1. The monoisotopic (exact) mass is 205 g/mol. The van der Waals surface area contributed by atoms with E-state index in [0.29, 0.717) is 0 Å². The van der Waals surface area contributed by atoms with E-state index in [4.69, 9.17) is 0 Å². The lowest BCUT2D eigenvalue weighted by atomic mass is 10.5. The van der Waals surface area contributed by atoms with E-state index in [1.807, 2.05) is 0 Å². The average molecular weight is 206 g/mol. The normalized spacial score (nSPS) is 9.44. The molecule has 0 unspecified atom stereocenters. The van der Waals surface area contributed by atoms with E-state index in [0.717, 1.165) is 15.8 Å². The molecule has 0 radical (unpaired) electrons. The maximum atomic E-state index is 10.1. The smallest absolute Gasteiger partial charge is 0.0815 e. The zero-order valence-electron chi connectivity index (χ0n) is 4.26. The Kier molecular flexibility index (Phi) is 1.87. The molecule has 9 heavy (non-hydrogen) atoms. The summed E-state index contributed by atoms with van der Waals surface area (Å²) in [6, 6.07) is 1.51. The fraction of sp³-hybridized carbons (Fsp3) is 0. The Morgan fingerprint density at radius 2 is 2.44 bits per heavy atom. The van der Waals surface area contributed by atoms with E-state index in [1.54, 1.807) is 5.38 Å².